The minimum absolute atomic E-state index is 0.183. The first kappa shape index (κ1) is 92.4. The number of hydrogen-bond acceptors (Lipinski definition) is 7. The number of unbranched alkanes of at least 4 members (excludes halogenated alkanes) is 37. The Balaban J connectivity index is 4.01. The second-order valence-electron chi connectivity index (χ2n) is 28.0. The van der Waals surface area contributed by atoms with E-state index >= 15 is 0 Å². The third-order valence-corrected chi connectivity index (χ3v) is 17.4. The van der Waals surface area contributed by atoms with Crippen LogP contribution in [0.1, 0.15) is 348 Å². The molecule has 0 aliphatic carbocycles. The molecule has 0 fully saturated rings. The summed E-state index contributed by atoms with van der Waals surface area (Å²) in [5.74, 6) is -1.99. The lowest BCUT2D eigenvalue weighted by Gasteiger charge is -2.25. The molecule has 9 nitrogen and oxygen atoms in total. The topological polar surface area (TPSA) is 108 Å². The third kappa shape index (κ3) is 78.6. The van der Waals surface area contributed by atoms with Gasteiger partial charge in [0.2, 0.25) is 0 Å². The molecular formula is C88H152NO8+. The normalized spacial score (nSPS) is 13.4. The van der Waals surface area contributed by atoms with Crippen molar-refractivity contribution in [1.82, 2.24) is 0 Å². The maximum absolute atomic E-state index is 13.0. The molecule has 0 amide bonds. The first-order valence-electron chi connectivity index (χ1n) is 40.3. The number of ether oxygens (including phenoxy) is 4. The summed E-state index contributed by atoms with van der Waals surface area (Å²) < 4.78 is 23.1. The summed E-state index contributed by atoms with van der Waals surface area (Å²) in [5.41, 5.74) is 0. The Hall–Kier alpha value is -4.57. The summed E-state index contributed by atoms with van der Waals surface area (Å²) >= 11 is 0. The van der Waals surface area contributed by atoms with Gasteiger partial charge in [-0.2, -0.15) is 0 Å². The molecule has 0 heterocycles. The first-order chi connectivity index (χ1) is 47.6. The van der Waals surface area contributed by atoms with Crippen molar-refractivity contribution in [3.05, 3.63) is 134 Å². The van der Waals surface area contributed by atoms with Crippen molar-refractivity contribution in [2.75, 3.05) is 47.5 Å². The molecule has 556 valence electrons. The molecule has 9 heteroatoms. The lowest BCUT2D eigenvalue weighted by atomic mass is 10.0. The number of carbonyl (C=O) groups is 3. The van der Waals surface area contributed by atoms with Gasteiger partial charge in [0.1, 0.15) is 13.2 Å². The lowest BCUT2D eigenvalue weighted by molar-refractivity contribution is -0.870. The molecule has 2 unspecified atom stereocenters. The molecule has 0 aromatic rings. The Kier molecular flexibility index (Phi) is 73.5. The van der Waals surface area contributed by atoms with Gasteiger partial charge in [-0.25, -0.2) is 4.79 Å². The Morgan fingerprint density at radius 2 is 0.557 bits per heavy atom. The number of esters is 2. The van der Waals surface area contributed by atoms with Gasteiger partial charge in [-0.3, -0.25) is 9.59 Å². The van der Waals surface area contributed by atoms with Crippen LogP contribution in [0.2, 0.25) is 0 Å². The van der Waals surface area contributed by atoms with Crippen molar-refractivity contribution < 1.29 is 42.9 Å². The van der Waals surface area contributed by atoms with Gasteiger partial charge in [-0.05, 0) is 109 Å². The van der Waals surface area contributed by atoms with E-state index in [2.05, 4.69) is 148 Å². The molecule has 97 heavy (non-hydrogen) atoms. The van der Waals surface area contributed by atoms with Crippen LogP contribution in [0.15, 0.2) is 134 Å². The maximum Gasteiger partial charge on any atom is 0.361 e. The van der Waals surface area contributed by atoms with Gasteiger partial charge in [0.15, 0.2) is 6.10 Å². The van der Waals surface area contributed by atoms with Gasteiger partial charge >= 0.3 is 17.9 Å². The number of quaternary nitrogens is 1. The highest BCUT2D eigenvalue weighted by atomic mass is 16.7. The molecule has 0 bridgehead atoms. The van der Waals surface area contributed by atoms with Crippen LogP contribution >= 0.6 is 0 Å². The van der Waals surface area contributed by atoms with Gasteiger partial charge in [-0.15, -0.1) is 0 Å². The first-order valence-corrected chi connectivity index (χ1v) is 40.3. The van der Waals surface area contributed by atoms with E-state index in [1.807, 2.05) is 21.1 Å². The molecule has 0 aliphatic rings. The minimum atomic E-state index is -1.52. The third-order valence-electron chi connectivity index (χ3n) is 17.4. The van der Waals surface area contributed by atoms with Crippen molar-refractivity contribution in [1.29, 1.82) is 0 Å². The van der Waals surface area contributed by atoms with Crippen LogP contribution in [-0.2, 0) is 33.3 Å². The van der Waals surface area contributed by atoms with Gasteiger partial charge < -0.3 is 28.5 Å². The van der Waals surface area contributed by atoms with Crippen molar-refractivity contribution in [2.45, 2.75) is 360 Å². The van der Waals surface area contributed by atoms with Crippen LogP contribution in [0.5, 0.6) is 0 Å². The molecule has 0 spiro atoms. The van der Waals surface area contributed by atoms with Crippen molar-refractivity contribution in [3.8, 4) is 0 Å². The Morgan fingerprint density at radius 3 is 0.825 bits per heavy atom. The SMILES string of the molecule is CC/C=C\C/C=C\C/C=C\C/C=C\C/C=C\C/C=C\CCCCCCCCCCCCCCCCCCCCCCC(=O)OC(COC(=O)CCCCCCCCCCCCCCCCCCC/C=C\C/C=C\C/C=C\C/C=C\C/C=C\CC)COC(OCC[N+](C)(C)C)C(=O)O. The number of hydrogen-bond donors (Lipinski definition) is 1. The Bertz CT molecular complexity index is 2060. The van der Waals surface area contributed by atoms with E-state index in [4.69, 9.17) is 18.9 Å². The van der Waals surface area contributed by atoms with E-state index < -0.39 is 24.3 Å². The minimum Gasteiger partial charge on any atom is -0.477 e. The van der Waals surface area contributed by atoms with E-state index in [0.717, 1.165) is 109 Å². The van der Waals surface area contributed by atoms with E-state index in [9.17, 15) is 19.5 Å². The van der Waals surface area contributed by atoms with E-state index in [0.29, 0.717) is 17.4 Å². The maximum atomic E-state index is 13.0. The van der Waals surface area contributed by atoms with Crippen LogP contribution in [0, 0.1) is 0 Å². The quantitative estimate of drug-likeness (QED) is 0.0211. The second kappa shape index (κ2) is 77.2. The predicted octanol–water partition coefficient (Wildman–Crippen LogP) is 26.0. The summed E-state index contributed by atoms with van der Waals surface area (Å²) in [4.78, 5) is 37.8. The number of carboxylic acid groups (broad SMARTS) is 1. The molecule has 0 aromatic carbocycles. The lowest BCUT2D eigenvalue weighted by Crippen LogP contribution is -2.40. The highest BCUT2D eigenvalue weighted by molar-refractivity contribution is 5.71. The van der Waals surface area contributed by atoms with Crippen molar-refractivity contribution >= 4 is 17.9 Å². The fourth-order valence-electron chi connectivity index (χ4n) is 11.3. The number of nitrogens with zero attached hydrogens (tertiary/aromatic N) is 1. The number of aliphatic carboxylic acids is 1. The van der Waals surface area contributed by atoms with Crippen LogP contribution < -0.4 is 0 Å². The van der Waals surface area contributed by atoms with Crippen LogP contribution in [0.3, 0.4) is 0 Å². The fourth-order valence-corrected chi connectivity index (χ4v) is 11.3. The Labute approximate surface area is 599 Å². The van der Waals surface area contributed by atoms with Gasteiger partial charge in [0, 0.05) is 12.8 Å². The molecule has 0 aliphatic heterocycles. The zero-order valence-corrected chi connectivity index (χ0v) is 63.7. The molecule has 1 N–H and O–H groups in total. The molecule has 0 rings (SSSR count). The number of carbonyl (C=O) groups excluding carboxylic acids is 2. The molecule has 0 saturated carbocycles. The molecule has 0 saturated heterocycles. The molecule has 0 aromatic heterocycles. The number of rotatable bonds is 74. The van der Waals surface area contributed by atoms with E-state index in [1.54, 1.807) is 0 Å². The van der Waals surface area contributed by atoms with Gasteiger partial charge in [0.05, 0.1) is 34.4 Å². The average Bonchev–Trinajstić information content (AvgIpc) is 2.39. The zero-order valence-electron chi connectivity index (χ0n) is 63.7. The second-order valence-corrected chi connectivity index (χ2v) is 28.0. The average molecular weight is 1350 g/mol. The van der Waals surface area contributed by atoms with Crippen LogP contribution in [0.4, 0.5) is 0 Å². The molecule has 0 radical (unpaired) electrons. The number of carboxylic acids is 1. The highest BCUT2D eigenvalue weighted by Crippen LogP contribution is 2.19. The summed E-state index contributed by atoms with van der Waals surface area (Å²) in [5, 5.41) is 9.78. The monoisotopic (exact) mass is 1350 g/mol. The predicted molar refractivity (Wildman–Crippen MR) is 419 cm³/mol. The highest BCUT2D eigenvalue weighted by Gasteiger charge is 2.25. The standard InChI is InChI=1S/C88H151NO8/c1-6-8-10-12-14-16-18-20-22-24-26-28-30-32-34-36-38-40-41-42-43-44-45-47-49-51-53-55-57-59-61-63-65-67-69-71-73-75-77-79-86(91)97-84(83-96-88(87(92)93)94-81-80-89(3,4)5)82-95-85(90)78-76-74-72-70-68-66-64-62-60-58-56-54-52-50-48-46-39-37-35-33-31-29-27-25-23-21-19-17-15-13-11-9-7-2/h8-11,14-17,20-23,26-29,32-35,38,40,84,88H,6-7,12-13,18-19,24-25,30-31,36-37,39,41-83H2,1-5H3/p+1/b10-8-,11-9-,16-14-,17-15-,22-20-,23-21-,28-26-,29-27-,34-32-,35-33-,40-38-. The van der Waals surface area contributed by atoms with Crippen molar-refractivity contribution in [2.24, 2.45) is 0 Å². The van der Waals surface area contributed by atoms with Gasteiger partial charge in [0.25, 0.3) is 6.29 Å². The summed E-state index contributed by atoms with van der Waals surface area (Å²) in [6, 6.07) is 0. The summed E-state index contributed by atoms with van der Waals surface area (Å²) in [6.07, 6.45) is 109. The zero-order chi connectivity index (χ0) is 70.4. The van der Waals surface area contributed by atoms with E-state index in [1.165, 1.54) is 212 Å². The van der Waals surface area contributed by atoms with E-state index in [-0.39, 0.29) is 32.2 Å². The van der Waals surface area contributed by atoms with Crippen LogP contribution in [0.25, 0.3) is 0 Å². The van der Waals surface area contributed by atoms with Crippen molar-refractivity contribution in [3.63, 3.8) is 0 Å². The summed E-state index contributed by atoms with van der Waals surface area (Å²) in [7, 11) is 5.99. The number of allylic oxidation sites excluding steroid dienone is 22. The fraction of sp³-hybridized carbons (Fsp3) is 0.716. The Morgan fingerprint density at radius 1 is 0.309 bits per heavy atom. The molecular weight excluding hydrogens is 1200 g/mol. The molecule has 2 atom stereocenters. The van der Waals surface area contributed by atoms with Gasteiger partial charge in [-0.1, -0.05) is 359 Å². The summed E-state index contributed by atoms with van der Waals surface area (Å²) in [6.45, 7) is 4.69. The smallest absolute Gasteiger partial charge is 0.361 e. The van der Waals surface area contributed by atoms with Crippen LogP contribution in [-0.4, -0.2) is 87.4 Å². The number of likely N-dealkylation sites (N-methyl/N-ethyl adjacent to an activating group) is 1. The largest absolute Gasteiger partial charge is 0.477 e.